The average molecular weight is 562 g/mol. The lowest BCUT2D eigenvalue weighted by molar-refractivity contribution is -0.135. The summed E-state index contributed by atoms with van der Waals surface area (Å²) in [5, 5.41) is 3.41. The molecule has 2 atom stereocenters. The molecule has 0 unspecified atom stereocenters. The minimum absolute atomic E-state index is 0.00596. The lowest BCUT2D eigenvalue weighted by atomic mass is 9.85. The van der Waals surface area contributed by atoms with Crippen LogP contribution in [-0.4, -0.2) is 62.9 Å². The molecule has 41 heavy (non-hydrogen) atoms. The number of carbonyl (C=O) groups is 2. The van der Waals surface area contributed by atoms with Crippen LogP contribution in [-0.2, 0) is 26.4 Å². The summed E-state index contributed by atoms with van der Waals surface area (Å²) in [6.45, 7) is 2.06. The number of amides is 2. The van der Waals surface area contributed by atoms with Gasteiger partial charge in [0.05, 0.1) is 37.6 Å². The van der Waals surface area contributed by atoms with Gasteiger partial charge in [-0.25, -0.2) is 0 Å². The predicted octanol–water partition coefficient (Wildman–Crippen LogP) is 4.89. The fraction of sp³-hybridized carbons (Fsp3) is 0.545. The fourth-order valence-corrected chi connectivity index (χ4v) is 6.17. The maximum Gasteiger partial charge on any atom is 0.231 e. The van der Waals surface area contributed by atoms with Gasteiger partial charge < -0.3 is 24.4 Å². The van der Waals surface area contributed by atoms with Crippen molar-refractivity contribution in [3.05, 3.63) is 59.7 Å². The molecular formula is C33H43N3O5. The van der Waals surface area contributed by atoms with Crippen molar-refractivity contribution in [2.75, 3.05) is 34.0 Å². The molecule has 0 saturated heterocycles. The number of methoxy groups -OCH3 is 2. The zero-order valence-corrected chi connectivity index (χ0v) is 24.3. The van der Waals surface area contributed by atoms with E-state index in [1.165, 1.54) is 0 Å². The smallest absolute Gasteiger partial charge is 0.231 e. The Morgan fingerprint density at radius 2 is 1.78 bits per heavy atom. The summed E-state index contributed by atoms with van der Waals surface area (Å²) >= 11 is 0. The van der Waals surface area contributed by atoms with Crippen LogP contribution in [0.1, 0.15) is 62.5 Å². The highest BCUT2D eigenvalue weighted by Gasteiger charge is 2.41. The van der Waals surface area contributed by atoms with Crippen molar-refractivity contribution >= 4 is 18.0 Å². The largest absolute Gasteiger partial charge is 0.497 e. The van der Waals surface area contributed by atoms with Crippen molar-refractivity contribution < 1.29 is 23.8 Å². The minimum atomic E-state index is -0.410. The van der Waals surface area contributed by atoms with E-state index >= 15 is 0 Å². The van der Waals surface area contributed by atoms with Crippen molar-refractivity contribution in [3.8, 4) is 11.5 Å². The molecule has 8 heteroatoms. The molecule has 2 aliphatic carbocycles. The average Bonchev–Trinajstić information content (AvgIpc) is 3.75. The van der Waals surface area contributed by atoms with Crippen LogP contribution < -0.4 is 14.8 Å². The second-order valence-corrected chi connectivity index (χ2v) is 11.6. The third-order valence-electron chi connectivity index (χ3n) is 8.54. The van der Waals surface area contributed by atoms with Crippen molar-refractivity contribution in [3.63, 3.8) is 0 Å². The Balaban J connectivity index is 1.25. The summed E-state index contributed by atoms with van der Waals surface area (Å²) in [5.41, 5.74) is 1.80. The third-order valence-corrected chi connectivity index (χ3v) is 8.54. The number of benzene rings is 2. The highest BCUT2D eigenvalue weighted by atomic mass is 16.5. The molecule has 2 saturated carbocycles. The molecule has 5 rings (SSSR count). The van der Waals surface area contributed by atoms with E-state index in [0.717, 1.165) is 56.1 Å². The third kappa shape index (κ3) is 7.28. The summed E-state index contributed by atoms with van der Waals surface area (Å²) in [6, 6.07) is 16.3. The number of rotatable bonds is 13. The van der Waals surface area contributed by atoms with E-state index in [4.69, 9.17) is 14.2 Å². The Hall–Kier alpha value is -3.39. The second kappa shape index (κ2) is 13.5. The molecule has 0 aromatic heterocycles. The van der Waals surface area contributed by atoms with Gasteiger partial charge in [-0.05, 0) is 55.4 Å². The van der Waals surface area contributed by atoms with Gasteiger partial charge in [-0.1, -0.05) is 43.2 Å². The summed E-state index contributed by atoms with van der Waals surface area (Å²) < 4.78 is 16.6. The van der Waals surface area contributed by atoms with Gasteiger partial charge in [0.25, 0.3) is 0 Å². The number of nitrogens with one attached hydrogen (secondary N) is 1. The number of hydrogen-bond acceptors (Lipinski definition) is 6. The second-order valence-electron chi connectivity index (χ2n) is 11.6. The topological polar surface area (TPSA) is 89.5 Å². The van der Waals surface area contributed by atoms with E-state index in [1.54, 1.807) is 20.4 Å². The first-order valence-electron chi connectivity index (χ1n) is 15.0. The molecule has 3 aliphatic rings. The van der Waals surface area contributed by atoms with Gasteiger partial charge in [0.1, 0.15) is 11.5 Å². The first kappa shape index (κ1) is 29.1. The van der Waals surface area contributed by atoms with Crippen LogP contribution in [0.5, 0.6) is 11.5 Å². The molecule has 2 fully saturated rings. The van der Waals surface area contributed by atoms with Crippen molar-refractivity contribution in [2.45, 2.75) is 69.5 Å². The summed E-state index contributed by atoms with van der Waals surface area (Å²) in [5.74, 6) is 0.729. The van der Waals surface area contributed by atoms with E-state index in [0.29, 0.717) is 44.2 Å². The summed E-state index contributed by atoms with van der Waals surface area (Å²) in [4.78, 5) is 34.0. The van der Waals surface area contributed by atoms with E-state index in [1.807, 2.05) is 41.3 Å². The Labute approximate surface area is 243 Å². The zero-order chi connectivity index (χ0) is 28.7. The maximum atomic E-state index is 13.9. The molecule has 2 aromatic carbocycles. The highest BCUT2D eigenvalue weighted by Crippen LogP contribution is 2.39. The van der Waals surface area contributed by atoms with Crippen molar-refractivity contribution in [1.82, 2.24) is 10.2 Å². The van der Waals surface area contributed by atoms with Crippen molar-refractivity contribution in [2.24, 2.45) is 16.8 Å². The molecule has 8 nitrogen and oxygen atoms in total. The van der Waals surface area contributed by atoms with Crippen LogP contribution in [0.2, 0.25) is 0 Å². The van der Waals surface area contributed by atoms with Crippen LogP contribution in [0.25, 0.3) is 0 Å². The number of carbonyl (C=O) groups excluding carboxylic acids is 2. The van der Waals surface area contributed by atoms with E-state index in [9.17, 15) is 9.59 Å². The highest BCUT2D eigenvalue weighted by molar-refractivity contribution is 5.95. The Kier molecular flexibility index (Phi) is 9.60. The first-order chi connectivity index (χ1) is 20.0. The number of aliphatic imine (C=N–C) groups is 1. The van der Waals surface area contributed by atoms with Gasteiger partial charge in [0, 0.05) is 45.0 Å². The van der Waals surface area contributed by atoms with Gasteiger partial charge in [0.2, 0.25) is 11.8 Å². The van der Waals surface area contributed by atoms with Crippen LogP contribution in [0.3, 0.4) is 0 Å². The minimum Gasteiger partial charge on any atom is -0.497 e. The Morgan fingerprint density at radius 3 is 2.49 bits per heavy atom. The van der Waals surface area contributed by atoms with Crippen LogP contribution in [0, 0.1) is 11.8 Å². The molecule has 1 heterocycles. The number of nitrogens with zero attached hydrogens (tertiary/aromatic N) is 2. The first-order valence-corrected chi connectivity index (χ1v) is 15.0. The Bertz CT molecular complexity index is 1210. The van der Waals surface area contributed by atoms with Crippen molar-refractivity contribution in [1.29, 1.82) is 0 Å². The lowest BCUT2D eigenvalue weighted by Gasteiger charge is -2.34. The molecule has 2 amide bonds. The maximum absolute atomic E-state index is 13.9. The predicted molar refractivity (Wildman–Crippen MR) is 158 cm³/mol. The summed E-state index contributed by atoms with van der Waals surface area (Å²) in [6.07, 6.45) is 9.09. The van der Waals surface area contributed by atoms with Crippen LogP contribution in [0.4, 0.5) is 0 Å². The van der Waals surface area contributed by atoms with Gasteiger partial charge in [-0.2, -0.15) is 0 Å². The van der Waals surface area contributed by atoms with E-state index in [-0.39, 0.29) is 29.3 Å². The quantitative estimate of drug-likeness (QED) is 0.352. The molecule has 2 aromatic rings. The molecular weight excluding hydrogens is 518 g/mol. The van der Waals surface area contributed by atoms with Crippen LogP contribution in [0.15, 0.2) is 53.5 Å². The van der Waals surface area contributed by atoms with Crippen LogP contribution >= 0.6 is 0 Å². The standard InChI is InChI=1S/C33H43N3O5/c1-39-15-8-16-41-30-18-24(17-29(20-30)40-2)23-36(28-11-12-28)32(38)26-19-25(21-34-22-26)31(37)35-33(13-6-7-14-33)27-9-4-3-5-10-27/h3-5,9-10,17-18,20,22,25-26,28H,6-8,11-16,19,21,23H2,1-2H3,(H,35,37)/t25-,26+/m0/s1. The number of ether oxygens (including phenoxy) is 3. The molecule has 1 N–H and O–H groups in total. The fourth-order valence-electron chi connectivity index (χ4n) is 6.17. The molecule has 0 spiro atoms. The summed E-state index contributed by atoms with van der Waals surface area (Å²) in [7, 11) is 3.31. The molecule has 0 bridgehead atoms. The van der Waals surface area contributed by atoms with Gasteiger partial charge in [-0.15, -0.1) is 0 Å². The van der Waals surface area contributed by atoms with Gasteiger partial charge >= 0.3 is 0 Å². The zero-order valence-electron chi connectivity index (χ0n) is 24.3. The lowest BCUT2D eigenvalue weighted by Crippen LogP contribution is -2.49. The molecule has 220 valence electrons. The SMILES string of the molecule is COCCCOc1cc(CN(C(=O)[C@H]2C=NC[C@@H](C(=O)NC3(c4ccccc4)CCCC3)C2)C2CC2)cc(OC)c1. The molecule has 0 radical (unpaired) electrons. The number of hydrogen-bond donors (Lipinski definition) is 1. The monoisotopic (exact) mass is 561 g/mol. The van der Waals surface area contributed by atoms with Gasteiger partial charge in [-0.3, -0.25) is 14.6 Å². The van der Waals surface area contributed by atoms with E-state index in [2.05, 4.69) is 22.4 Å². The molecule has 1 aliphatic heterocycles. The van der Waals surface area contributed by atoms with Gasteiger partial charge in [0.15, 0.2) is 0 Å². The Morgan fingerprint density at radius 1 is 1.02 bits per heavy atom. The van der Waals surface area contributed by atoms with E-state index < -0.39 is 5.92 Å². The normalized spacial score (nSPS) is 21.3.